The fourth-order valence-electron chi connectivity index (χ4n) is 4.00. The monoisotopic (exact) mass is 439 g/mol. The molecule has 4 rings (SSSR count). The third kappa shape index (κ3) is 5.36. The van der Waals surface area contributed by atoms with Crippen LogP contribution in [0.1, 0.15) is 41.4 Å². The highest BCUT2D eigenvalue weighted by Crippen LogP contribution is 2.25. The Morgan fingerprint density at radius 3 is 2.23 bits per heavy atom. The van der Waals surface area contributed by atoms with E-state index in [9.17, 15) is 9.59 Å². The van der Waals surface area contributed by atoms with Crippen molar-refractivity contribution in [2.45, 2.75) is 37.6 Å². The summed E-state index contributed by atoms with van der Waals surface area (Å²) >= 11 is 1.62. The van der Waals surface area contributed by atoms with Crippen molar-refractivity contribution in [3.05, 3.63) is 47.2 Å². The molecule has 1 aromatic heterocycles. The molecule has 2 amide bonds. The number of aromatic nitrogens is 2. The van der Waals surface area contributed by atoms with Gasteiger partial charge in [-0.3, -0.25) is 9.59 Å². The number of thioether (sulfide) groups is 1. The van der Waals surface area contributed by atoms with E-state index in [1.807, 2.05) is 36.1 Å². The zero-order chi connectivity index (χ0) is 21.8. The summed E-state index contributed by atoms with van der Waals surface area (Å²) in [6, 6.07) is 9.85. The standard InChI is InChI=1S/C23H29N5O2S/c1-17-15-21(27-9-3-4-10-27)25-23(24-17)31-16-19-5-7-20(8-6-19)22(30)28-13-11-26(12-14-28)18(2)29/h5-8,15H,3-4,9-14,16H2,1-2H3. The predicted octanol–water partition coefficient (Wildman–Crippen LogP) is 2.98. The van der Waals surface area contributed by atoms with Gasteiger partial charge < -0.3 is 14.7 Å². The second-order valence-electron chi connectivity index (χ2n) is 8.13. The van der Waals surface area contributed by atoms with Crippen molar-refractivity contribution in [3.63, 3.8) is 0 Å². The van der Waals surface area contributed by atoms with E-state index in [0.717, 1.165) is 41.1 Å². The maximum Gasteiger partial charge on any atom is 0.253 e. The van der Waals surface area contributed by atoms with Gasteiger partial charge in [0.15, 0.2) is 5.16 Å². The summed E-state index contributed by atoms with van der Waals surface area (Å²) in [5.41, 5.74) is 2.81. The molecular formula is C23H29N5O2S. The summed E-state index contributed by atoms with van der Waals surface area (Å²) < 4.78 is 0. The number of carbonyl (C=O) groups is 2. The molecule has 164 valence electrons. The normalized spacial score (nSPS) is 16.6. The first-order valence-electron chi connectivity index (χ1n) is 10.9. The fraction of sp³-hybridized carbons (Fsp3) is 0.478. The second-order valence-corrected chi connectivity index (χ2v) is 9.07. The molecular weight excluding hydrogens is 410 g/mol. The Balaban J connectivity index is 1.34. The third-order valence-electron chi connectivity index (χ3n) is 5.83. The number of hydrogen-bond acceptors (Lipinski definition) is 6. The molecule has 2 aromatic rings. The van der Waals surface area contributed by atoms with Gasteiger partial charge in [0.2, 0.25) is 5.91 Å². The van der Waals surface area contributed by atoms with Crippen molar-refractivity contribution in [3.8, 4) is 0 Å². The first kappa shape index (κ1) is 21.6. The van der Waals surface area contributed by atoms with Crippen LogP contribution in [0.5, 0.6) is 0 Å². The number of rotatable bonds is 5. The first-order chi connectivity index (χ1) is 15.0. The molecule has 0 atom stereocenters. The zero-order valence-electron chi connectivity index (χ0n) is 18.2. The fourth-order valence-corrected chi connectivity index (χ4v) is 4.85. The molecule has 31 heavy (non-hydrogen) atoms. The van der Waals surface area contributed by atoms with Crippen molar-refractivity contribution in [1.29, 1.82) is 0 Å². The molecule has 0 bridgehead atoms. The van der Waals surface area contributed by atoms with Gasteiger partial charge in [0.05, 0.1) is 0 Å². The van der Waals surface area contributed by atoms with E-state index in [4.69, 9.17) is 4.98 Å². The van der Waals surface area contributed by atoms with E-state index >= 15 is 0 Å². The van der Waals surface area contributed by atoms with Gasteiger partial charge in [0, 0.05) is 69.3 Å². The molecule has 2 aliphatic heterocycles. The number of carbonyl (C=O) groups excluding carboxylic acids is 2. The van der Waals surface area contributed by atoms with Crippen LogP contribution in [0, 0.1) is 6.92 Å². The van der Waals surface area contributed by atoms with Crippen LogP contribution in [0.4, 0.5) is 5.82 Å². The molecule has 0 aliphatic carbocycles. The quantitative estimate of drug-likeness (QED) is 0.527. The summed E-state index contributed by atoms with van der Waals surface area (Å²) in [7, 11) is 0. The Bertz CT molecular complexity index is 935. The Labute approximate surface area is 187 Å². The Kier molecular flexibility index (Phi) is 6.75. The summed E-state index contributed by atoms with van der Waals surface area (Å²) in [6.45, 7) is 8.10. The molecule has 3 heterocycles. The number of nitrogens with zero attached hydrogens (tertiary/aromatic N) is 5. The minimum Gasteiger partial charge on any atom is -0.356 e. The Hall–Kier alpha value is -2.61. The van der Waals surface area contributed by atoms with Crippen LogP contribution in [0.2, 0.25) is 0 Å². The molecule has 0 unspecified atom stereocenters. The molecule has 0 radical (unpaired) electrons. The van der Waals surface area contributed by atoms with Crippen molar-refractivity contribution in [2.24, 2.45) is 0 Å². The number of benzene rings is 1. The van der Waals surface area contributed by atoms with Crippen LogP contribution in [0.25, 0.3) is 0 Å². The average Bonchev–Trinajstić information content (AvgIpc) is 3.32. The molecule has 2 saturated heterocycles. The lowest BCUT2D eigenvalue weighted by atomic mass is 10.1. The van der Waals surface area contributed by atoms with Gasteiger partial charge in [0.25, 0.3) is 5.91 Å². The van der Waals surface area contributed by atoms with Gasteiger partial charge >= 0.3 is 0 Å². The van der Waals surface area contributed by atoms with E-state index in [1.54, 1.807) is 23.6 Å². The van der Waals surface area contributed by atoms with E-state index in [-0.39, 0.29) is 11.8 Å². The van der Waals surface area contributed by atoms with Gasteiger partial charge in [-0.25, -0.2) is 9.97 Å². The highest BCUT2D eigenvalue weighted by Gasteiger charge is 2.23. The minimum atomic E-state index is 0.0275. The molecule has 2 fully saturated rings. The molecule has 1 aromatic carbocycles. The smallest absolute Gasteiger partial charge is 0.253 e. The summed E-state index contributed by atoms with van der Waals surface area (Å²) in [4.78, 5) is 39.5. The van der Waals surface area contributed by atoms with E-state index in [1.165, 1.54) is 12.8 Å². The third-order valence-corrected chi connectivity index (χ3v) is 6.75. The lowest BCUT2D eigenvalue weighted by Gasteiger charge is -2.34. The maximum atomic E-state index is 12.8. The van der Waals surface area contributed by atoms with Gasteiger partial charge in [-0.15, -0.1) is 0 Å². The predicted molar refractivity (Wildman–Crippen MR) is 122 cm³/mol. The van der Waals surface area contributed by atoms with Crippen LogP contribution < -0.4 is 4.90 Å². The molecule has 0 N–H and O–H groups in total. The number of amides is 2. The molecule has 0 saturated carbocycles. The molecule has 7 nitrogen and oxygen atoms in total. The van der Waals surface area contributed by atoms with Crippen molar-refractivity contribution in [2.75, 3.05) is 44.2 Å². The SMILES string of the molecule is CC(=O)N1CCN(C(=O)c2ccc(CSc3nc(C)cc(N4CCCC4)n3)cc2)CC1. The summed E-state index contributed by atoms with van der Waals surface area (Å²) in [5, 5.41) is 0.797. The highest BCUT2D eigenvalue weighted by atomic mass is 32.2. The van der Waals surface area contributed by atoms with Crippen LogP contribution in [0.3, 0.4) is 0 Å². The highest BCUT2D eigenvalue weighted by molar-refractivity contribution is 7.98. The van der Waals surface area contributed by atoms with E-state index in [2.05, 4.69) is 16.0 Å². The van der Waals surface area contributed by atoms with Crippen molar-refractivity contribution >= 4 is 29.4 Å². The van der Waals surface area contributed by atoms with Crippen LogP contribution in [0.15, 0.2) is 35.5 Å². The lowest BCUT2D eigenvalue weighted by molar-refractivity contribution is -0.130. The van der Waals surface area contributed by atoms with Gasteiger partial charge in [-0.2, -0.15) is 0 Å². The average molecular weight is 440 g/mol. The van der Waals surface area contributed by atoms with Crippen LogP contribution in [-0.4, -0.2) is 70.9 Å². The number of anilines is 1. The Morgan fingerprint density at radius 1 is 0.935 bits per heavy atom. The van der Waals surface area contributed by atoms with Gasteiger partial charge in [-0.05, 0) is 37.5 Å². The topological polar surface area (TPSA) is 69.6 Å². The van der Waals surface area contributed by atoms with Crippen molar-refractivity contribution < 1.29 is 9.59 Å². The van der Waals surface area contributed by atoms with Gasteiger partial charge in [-0.1, -0.05) is 23.9 Å². The van der Waals surface area contributed by atoms with E-state index in [0.29, 0.717) is 31.7 Å². The second kappa shape index (κ2) is 9.68. The first-order valence-corrected chi connectivity index (χ1v) is 11.9. The van der Waals surface area contributed by atoms with Crippen LogP contribution >= 0.6 is 11.8 Å². The molecule has 0 spiro atoms. The number of hydrogen-bond donors (Lipinski definition) is 0. The van der Waals surface area contributed by atoms with Gasteiger partial charge in [0.1, 0.15) is 5.82 Å². The maximum absolute atomic E-state index is 12.8. The van der Waals surface area contributed by atoms with E-state index < -0.39 is 0 Å². The number of aryl methyl sites for hydroxylation is 1. The zero-order valence-corrected chi connectivity index (χ0v) is 19.0. The lowest BCUT2D eigenvalue weighted by Crippen LogP contribution is -2.50. The Morgan fingerprint density at radius 2 is 1.58 bits per heavy atom. The molecule has 8 heteroatoms. The summed E-state index contributed by atoms with van der Waals surface area (Å²) in [5.74, 6) is 1.88. The largest absolute Gasteiger partial charge is 0.356 e. The van der Waals surface area contributed by atoms with Crippen LogP contribution in [-0.2, 0) is 10.5 Å². The number of piperazine rings is 1. The summed E-state index contributed by atoms with van der Waals surface area (Å²) in [6.07, 6.45) is 2.45. The van der Waals surface area contributed by atoms with Crippen molar-refractivity contribution in [1.82, 2.24) is 19.8 Å². The molecule has 2 aliphatic rings. The minimum absolute atomic E-state index is 0.0275.